The third kappa shape index (κ3) is 4.34. The van der Waals surface area contributed by atoms with Gasteiger partial charge in [0.05, 0.1) is 5.69 Å². The Morgan fingerprint density at radius 3 is 3.05 bits per heavy atom. The van der Waals surface area contributed by atoms with Crippen molar-refractivity contribution in [3.05, 3.63) is 11.1 Å². The Morgan fingerprint density at radius 1 is 1.57 bits per heavy atom. The van der Waals surface area contributed by atoms with E-state index in [-0.39, 0.29) is 5.96 Å². The van der Waals surface area contributed by atoms with E-state index in [0.717, 1.165) is 36.7 Å². The van der Waals surface area contributed by atoms with Gasteiger partial charge in [-0.05, 0) is 19.3 Å². The van der Waals surface area contributed by atoms with E-state index < -0.39 is 0 Å². The van der Waals surface area contributed by atoms with Gasteiger partial charge in [-0.15, -0.1) is 11.3 Å². The minimum Gasteiger partial charge on any atom is -0.370 e. The van der Waals surface area contributed by atoms with Gasteiger partial charge in [0.1, 0.15) is 5.40 Å². The molecule has 2 rings (SSSR count). The number of nitrogens with two attached hydrogens (primary N) is 2. The Balaban J connectivity index is 1.95. The van der Waals surface area contributed by atoms with Crippen LogP contribution in [0.3, 0.4) is 0 Å². The van der Waals surface area contributed by atoms with E-state index in [1.54, 1.807) is 7.05 Å². The van der Waals surface area contributed by atoms with Crippen LogP contribution in [0, 0.1) is 10.7 Å². The molecule has 0 saturated heterocycles. The summed E-state index contributed by atoms with van der Waals surface area (Å²) in [5.74, 6) is 0.422. The molecule has 1 aromatic rings. The normalized spacial score (nSPS) is 21.8. The van der Waals surface area contributed by atoms with Crippen molar-refractivity contribution in [2.75, 3.05) is 7.05 Å². The minimum absolute atomic E-state index is 0.0270. The van der Waals surface area contributed by atoms with Gasteiger partial charge in [-0.1, -0.05) is 0 Å². The summed E-state index contributed by atoms with van der Waals surface area (Å²) in [6.07, 6.45) is 3.05. The van der Waals surface area contributed by atoms with Crippen LogP contribution in [-0.2, 0) is 0 Å². The highest BCUT2D eigenvalue weighted by Crippen LogP contribution is 2.36. The molecule has 0 spiro atoms. The highest BCUT2D eigenvalue weighted by atomic mass is 32.2. The van der Waals surface area contributed by atoms with Crippen LogP contribution in [-0.4, -0.2) is 29.2 Å². The monoisotopic (exact) mass is 323 g/mol. The highest BCUT2D eigenvalue weighted by molar-refractivity contribution is 8.17. The maximum Gasteiger partial charge on any atom is 0.212 e. The average molecular weight is 323 g/mol. The van der Waals surface area contributed by atoms with Crippen LogP contribution < -0.4 is 16.8 Å². The number of rotatable bonds is 3. The molecule has 0 bridgehead atoms. The van der Waals surface area contributed by atoms with Gasteiger partial charge in [-0.3, -0.25) is 4.99 Å². The quantitative estimate of drug-likeness (QED) is 0.439. The number of hydrogen-bond donors (Lipinski definition) is 3. The SMILES string of the molecule is CN=C(NC1CCC(c2csc(N=C(N)N)n2)C1)SC#N. The number of amidine groups is 1. The lowest BCUT2D eigenvalue weighted by Gasteiger charge is -2.13. The van der Waals surface area contributed by atoms with Crippen molar-refractivity contribution in [1.29, 1.82) is 5.26 Å². The number of aromatic nitrogens is 1. The van der Waals surface area contributed by atoms with Gasteiger partial charge >= 0.3 is 0 Å². The summed E-state index contributed by atoms with van der Waals surface area (Å²) in [6.45, 7) is 0. The molecule has 9 heteroatoms. The van der Waals surface area contributed by atoms with E-state index in [0.29, 0.717) is 22.3 Å². The lowest BCUT2D eigenvalue weighted by Crippen LogP contribution is -2.30. The molecule has 112 valence electrons. The molecule has 0 aromatic carbocycles. The van der Waals surface area contributed by atoms with E-state index in [2.05, 4.69) is 20.3 Å². The van der Waals surface area contributed by atoms with Crippen molar-refractivity contribution in [1.82, 2.24) is 10.3 Å². The van der Waals surface area contributed by atoms with E-state index in [9.17, 15) is 0 Å². The fourth-order valence-electron chi connectivity index (χ4n) is 2.36. The summed E-state index contributed by atoms with van der Waals surface area (Å²) in [5.41, 5.74) is 11.7. The molecule has 1 saturated carbocycles. The van der Waals surface area contributed by atoms with Crippen LogP contribution in [0.4, 0.5) is 5.13 Å². The van der Waals surface area contributed by atoms with Crippen molar-refractivity contribution < 1.29 is 0 Å². The molecule has 0 aliphatic heterocycles. The lowest BCUT2D eigenvalue weighted by atomic mass is 10.1. The molecule has 1 aliphatic carbocycles. The second-order valence-corrected chi connectivity index (χ2v) is 6.27. The van der Waals surface area contributed by atoms with Crippen LogP contribution in [0.2, 0.25) is 0 Å². The Morgan fingerprint density at radius 2 is 2.38 bits per heavy atom. The molecule has 2 atom stereocenters. The summed E-state index contributed by atoms with van der Waals surface area (Å²) in [4.78, 5) is 12.5. The number of aliphatic imine (C=N–C) groups is 2. The van der Waals surface area contributed by atoms with E-state index in [4.69, 9.17) is 16.7 Å². The van der Waals surface area contributed by atoms with Crippen LogP contribution in [0.15, 0.2) is 15.4 Å². The molecular weight excluding hydrogens is 306 g/mol. The summed E-state index contributed by atoms with van der Waals surface area (Å²) < 4.78 is 0. The van der Waals surface area contributed by atoms with Crippen molar-refractivity contribution in [2.45, 2.75) is 31.2 Å². The van der Waals surface area contributed by atoms with Crippen molar-refractivity contribution in [3.8, 4) is 5.40 Å². The molecule has 0 amide bonds. The molecule has 1 aliphatic rings. The van der Waals surface area contributed by atoms with E-state index in [1.165, 1.54) is 11.3 Å². The van der Waals surface area contributed by atoms with Crippen LogP contribution >= 0.6 is 23.1 Å². The zero-order chi connectivity index (χ0) is 15.2. The number of nitrogens with one attached hydrogen (secondary N) is 1. The summed E-state index contributed by atoms with van der Waals surface area (Å²) in [7, 11) is 1.68. The summed E-state index contributed by atoms with van der Waals surface area (Å²) >= 11 is 2.50. The zero-order valence-electron chi connectivity index (χ0n) is 11.6. The fraction of sp³-hybridized carbons (Fsp3) is 0.500. The molecule has 5 N–H and O–H groups in total. The number of guanidine groups is 1. The largest absolute Gasteiger partial charge is 0.370 e. The van der Waals surface area contributed by atoms with Crippen molar-refractivity contribution in [2.24, 2.45) is 21.5 Å². The third-order valence-corrected chi connectivity index (χ3v) is 4.60. The lowest BCUT2D eigenvalue weighted by molar-refractivity contribution is 0.616. The fourth-order valence-corrected chi connectivity index (χ4v) is 3.56. The minimum atomic E-state index is 0.0270. The predicted octanol–water partition coefficient (Wildman–Crippen LogP) is 1.47. The van der Waals surface area contributed by atoms with Gasteiger partial charge in [0.15, 0.2) is 11.1 Å². The number of nitriles is 1. The van der Waals surface area contributed by atoms with Gasteiger partial charge in [0.2, 0.25) is 5.13 Å². The first-order valence-electron chi connectivity index (χ1n) is 6.46. The standard InChI is InChI=1S/C12H17N7S2/c1-16-11(21-6-13)17-8-3-2-7(4-8)9-5-20-12(18-9)19-10(14)15/h5,7-8H,2-4H2,1H3,(H,16,17)(H4,14,15,18,19). The molecule has 1 aromatic heterocycles. The van der Waals surface area contributed by atoms with Gasteiger partial charge in [0.25, 0.3) is 0 Å². The summed E-state index contributed by atoms with van der Waals surface area (Å²) in [5, 5.41) is 17.3. The number of nitrogens with zero attached hydrogens (tertiary/aromatic N) is 4. The van der Waals surface area contributed by atoms with Crippen LogP contribution in [0.1, 0.15) is 30.9 Å². The van der Waals surface area contributed by atoms with E-state index in [1.807, 2.05) is 10.8 Å². The smallest absolute Gasteiger partial charge is 0.212 e. The molecule has 0 radical (unpaired) electrons. The number of thiocyanates is 1. The van der Waals surface area contributed by atoms with Crippen LogP contribution in [0.5, 0.6) is 0 Å². The van der Waals surface area contributed by atoms with Gasteiger partial charge in [-0.2, -0.15) is 10.3 Å². The number of thiazole rings is 1. The third-order valence-electron chi connectivity index (χ3n) is 3.26. The average Bonchev–Trinajstić information content (AvgIpc) is 3.06. The zero-order valence-corrected chi connectivity index (χ0v) is 13.2. The van der Waals surface area contributed by atoms with Crippen LogP contribution in [0.25, 0.3) is 0 Å². The van der Waals surface area contributed by atoms with Gasteiger partial charge < -0.3 is 16.8 Å². The van der Waals surface area contributed by atoms with Gasteiger partial charge in [0, 0.05) is 36.1 Å². The highest BCUT2D eigenvalue weighted by Gasteiger charge is 2.28. The maximum absolute atomic E-state index is 8.70. The molecular formula is C12H17N7S2. The topological polar surface area (TPSA) is 125 Å². The Hall–Kier alpha value is -1.79. The number of hydrogen-bond acceptors (Lipinski definition) is 6. The first-order chi connectivity index (χ1) is 10.1. The Labute approximate surface area is 131 Å². The van der Waals surface area contributed by atoms with Gasteiger partial charge in [-0.25, -0.2) is 4.98 Å². The van der Waals surface area contributed by atoms with Crippen molar-refractivity contribution in [3.63, 3.8) is 0 Å². The maximum atomic E-state index is 8.70. The Kier molecular flexibility index (Phi) is 5.41. The first-order valence-corrected chi connectivity index (χ1v) is 8.16. The Bertz CT molecular complexity index is 583. The first kappa shape index (κ1) is 15.6. The summed E-state index contributed by atoms with van der Waals surface area (Å²) in [6, 6.07) is 0.322. The van der Waals surface area contributed by atoms with Crippen molar-refractivity contribution >= 4 is 39.4 Å². The second kappa shape index (κ2) is 7.28. The molecule has 21 heavy (non-hydrogen) atoms. The molecule has 1 heterocycles. The van der Waals surface area contributed by atoms with E-state index >= 15 is 0 Å². The molecule has 2 unspecified atom stereocenters. The second-order valence-electron chi connectivity index (χ2n) is 4.66. The predicted molar refractivity (Wildman–Crippen MR) is 87.7 cm³/mol. The molecule has 7 nitrogen and oxygen atoms in total. The number of thioether (sulfide) groups is 1. The molecule has 1 fully saturated rings.